The summed E-state index contributed by atoms with van der Waals surface area (Å²) in [7, 11) is 0. The van der Waals surface area contributed by atoms with Gasteiger partial charge in [-0.05, 0) is 43.4 Å². The molecule has 1 aliphatic heterocycles. The molecule has 1 aliphatic carbocycles. The second kappa shape index (κ2) is 6.56. The highest BCUT2D eigenvalue weighted by Gasteiger charge is 2.35. The quantitative estimate of drug-likeness (QED) is 0.914. The summed E-state index contributed by atoms with van der Waals surface area (Å²) >= 11 is 3.42. The highest BCUT2D eigenvalue weighted by molar-refractivity contribution is 9.10. The van der Waals surface area contributed by atoms with E-state index in [1.165, 1.54) is 19.3 Å². The smallest absolute Gasteiger partial charge is 0.0802 e. The molecule has 1 saturated carbocycles. The zero-order valence-electron chi connectivity index (χ0n) is 11.7. The number of ether oxygens (including phenoxy) is 1. The Bertz CT molecular complexity index is 437. The van der Waals surface area contributed by atoms with Crippen molar-refractivity contribution in [3.8, 4) is 0 Å². The van der Waals surface area contributed by atoms with Crippen LogP contribution in [0.1, 0.15) is 37.4 Å². The van der Waals surface area contributed by atoms with E-state index in [0.29, 0.717) is 12.1 Å². The van der Waals surface area contributed by atoms with Crippen LogP contribution in [-0.4, -0.2) is 41.8 Å². The summed E-state index contributed by atoms with van der Waals surface area (Å²) in [6.07, 6.45) is 4.60. The topological polar surface area (TPSA) is 32.7 Å². The predicted octanol–water partition coefficient (Wildman–Crippen LogP) is 3.13. The van der Waals surface area contributed by atoms with Gasteiger partial charge in [-0.25, -0.2) is 0 Å². The van der Waals surface area contributed by atoms with E-state index in [2.05, 4.69) is 20.8 Å². The Balaban J connectivity index is 1.54. The number of aliphatic hydroxyl groups is 1. The Hall–Kier alpha value is -0.420. The first-order valence-electron chi connectivity index (χ1n) is 7.53. The van der Waals surface area contributed by atoms with E-state index < -0.39 is 0 Å². The average Bonchev–Trinajstić information content (AvgIpc) is 2.94. The molecule has 3 unspecified atom stereocenters. The van der Waals surface area contributed by atoms with E-state index in [1.54, 1.807) is 0 Å². The van der Waals surface area contributed by atoms with Crippen LogP contribution in [0.25, 0.3) is 0 Å². The third kappa shape index (κ3) is 3.25. The zero-order valence-corrected chi connectivity index (χ0v) is 13.3. The SMILES string of the molecule is OC(CCN1CCOC2CCCC21)c1ccc(Br)cc1. The number of benzene rings is 1. The first kappa shape index (κ1) is 14.5. The van der Waals surface area contributed by atoms with Crippen LogP contribution in [-0.2, 0) is 4.74 Å². The molecule has 0 spiro atoms. The van der Waals surface area contributed by atoms with Crippen LogP contribution in [0, 0.1) is 0 Å². The fourth-order valence-corrected chi connectivity index (χ4v) is 3.69. The molecule has 110 valence electrons. The lowest BCUT2D eigenvalue weighted by Gasteiger charge is -2.38. The van der Waals surface area contributed by atoms with Crippen molar-refractivity contribution in [3.05, 3.63) is 34.3 Å². The van der Waals surface area contributed by atoms with Gasteiger partial charge in [0.15, 0.2) is 0 Å². The van der Waals surface area contributed by atoms with Gasteiger partial charge >= 0.3 is 0 Å². The predicted molar refractivity (Wildman–Crippen MR) is 82.7 cm³/mol. The lowest BCUT2D eigenvalue weighted by atomic mass is 10.0. The van der Waals surface area contributed by atoms with Crippen LogP contribution < -0.4 is 0 Å². The molecule has 3 rings (SSSR count). The van der Waals surface area contributed by atoms with Crippen molar-refractivity contribution in [3.63, 3.8) is 0 Å². The van der Waals surface area contributed by atoms with Gasteiger partial charge in [0.1, 0.15) is 0 Å². The number of hydrogen-bond donors (Lipinski definition) is 1. The van der Waals surface area contributed by atoms with Crippen molar-refractivity contribution in [2.45, 2.75) is 43.9 Å². The summed E-state index contributed by atoms with van der Waals surface area (Å²) in [5.74, 6) is 0. The molecule has 3 atom stereocenters. The standard InChI is InChI=1S/C16H22BrNO2/c17-13-6-4-12(5-7-13)15(19)8-9-18-10-11-20-16-3-1-2-14(16)18/h4-7,14-16,19H,1-3,8-11H2. The molecular formula is C16H22BrNO2. The lowest BCUT2D eigenvalue weighted by Crippen LogP contribution is -2.48. The lowest BCUT2D eigenvalue weighted by molar-refractivity contribution is -0.0587. The first-order valence-corrected chi connectivity index (χ1v) is 8.32. The minimum absolute atomic E-state index is 0.370. The summed E-state index contributed by atoms with van der Waals surface area (Å²) in [5, 5.41) is 10.3. The fourth-order valence-electron chi connectivity index (χ4n) is 3.42. The number of aliphatic hydroxyl groups excluding tert-OH is 1. The molecule has 0 bridgehead atoms. The number of nitrogens with zero attached hydrogens (tertiary/aromatic N) is 1. The van der Waals surface area contributed by atoms with E-state index in [1.807, 2.05) is 24.3 Å². The molecule has 1 N–H and O–H groups in total. The Kier molecular flexibility index (Phi) is 4.76. The minimum Gasteiger partial charge on any atom is -0.388 e. The largest absolute Gasteiger partial charge is 0.388 e. The Morgan fingerprint density at radius 2 is 2.10 bits per heavy atom. The first-order chi connectivity index (χ1) is 9.74. The van der Waals surface area contributed by atoms with Crippen LogP contribution in [0.5, 0.6) is 0 Å². The maximum atomic E-state index is 10.3. The van der Waals surface area contributed by atoms with E-state index >= 15 is 0 Å². The highest BCUT2D eigenvalue weighted by atomic mass is 79.9. The second-order valence-electron chi connectivity index (χ2n) is 5.80. The summed E-state index contributed by atoms with van der Waals surface area (Å²) in [4.78, 5) is 2.52. The minimum atomic E-state index is -0.370. The number of rotatable bonds is 4. The van der Waals surface area contributed by atoms with Crippen LogP contribution >= 0.6 is 15.9 Å². The van der Waals surface area contributed by atoms with E-state index in [9.17, 15) is 5.11 Å². The van der Waals surface area contributed by atoms with Gasteiger partial charge in [-0.3, -0.25) is 4.90 Å². The summed E-state index contributed by atoms with van der Waals surface area (Å²) < 4.78 is 6.88. The molecule has 2 aliphatic rings. The highest BCUT2D eigenvalue weighted by Crippen LogP contribution is 2.30. The van der Waals surface area contributed by atoms with E-state index in [4.69, 9.17) is 4.74 Å². The molecule has 4 heteroatoms. The summed E-state index contributed by atoms with van der Waals surface area (Å²) in [6, 6.07) is 8.54. The molecule has 0 radical (unpaired) electrons. The van der Waals surface area contributed by atoms with Crippen LogP contribution in [0.3, 0.4) is 0 Å². The monoisotopic (exact) mass is 339 g/mol. The molecular weight excluding hydrogens is 318 g/mol. The molecule has 1 aromatic rings. The van der Waals surface area contributed by atoms with Crippen LogP contribution in [0.4, 0.5) is 0 Å². The number of halogens is 1. The van der Waals surface area contributed by atoms with Crippen molar-refractivity contribution in [1.82, 2.24) is 4.90 Å². The van der Waals surface area contributed by atoms with Crippen LogP contribution in [0.2, 0.25) is 0 Å². The Morgan fingerprint density at radius 1 is 1.30 bits per heavy atom. The van der Waals surface area contributed by atoms with Crippen molar-refractivity contribution < 1.29 is 9.84 Å². The van der Waals surface area contributed by atoms with Gasteiger partial charge in [0.2, 0.25) is 0 Å². The third-order valence-corrected chi connectivity index (χ3v) is 5.07. The van der Waals surface area contributed by atoms with E-state index in [-0.39, 0.29) is 6.10 Å². The number of morpholine rings is 1. The van der Waals surface area contributed by atoms with Gasteiger partial charge in [0.05, 0.1) is 18.8 Å². The molecule has 1 heterocycles. The summed E-state index contributed by atoms with van der Waals surface area (Å²) in [5.41, 5.74) is 1.00. The number of fused-ring (bicyclic) bond motifs is 1. The van der Waals surface area contributed by atoms with Crippen molar-refractivity contribution in [2.24, 2.45) is 0 Å². The summed E-state index contributed by atoms with van der Waals surface area (Å²) in [6.45, 7) is 2.81. The number of hydrogen-bond acceptors (Lipinski definition) is 3. The van der Waals surface area contributed by atoms with Crippen molar-refractivity contribution in [1.29, 1.82) is 0 Å². The molecule has 0 amide bonds. The van der Waals surface area contributed by atoms with Gasteiger partial charge in [-0.15, -0.1) is 0 Å². The Labute approximate surface area is 129 Å². The van der Waals surface area contributed by atoms with Crippen molar-refractivity contribution >= 4 is 15.9 Å². The molecule has 1 aromatic carbocycles. The average molecular weight is 340 g/mol. The second-order valence-corrected chi connectivity index (χ2v) is 6.72. The van der Waals surface area contributed by atoms with Crippen molar-refractivity contribution in [2.75, 3.05) is 19.7 Å². The van der Waals surface area contributed by atoms with Gasteiger partial charge in [0.25, 0.3) is 0 Å². The molecule has 20 heavy (non-hydrogen) atoms. The fraction of sp³-hybridized carbons (Fsp3) is 0.625. The molecule has 1 saturated heterocycles. The molecule has 0 aromatic heterocycles. The van der Waals surface area contributed by atoms with Gasteiger partial charge in [0, 0.05) is 23.6 Å². The maximum absolute atomic E-state index is 10.3. The molecule has 3 nitrogen and oxygen atoms in total. The van der Waals surface area contributed by atoms with E-state index in [0.717, 1.165) is 36.2 Å². The maximum Gasteiger partial charge on any atom is 0.0802 e. The third-order valence-electron chi connectivity index (χ3n) is 4.54. The zero-order chi connectivity index (χ0) is 13.9. The Morgan fingerprint density at radius 3 is 2.90 bits per heavy atom. The normalized spacial score (nSPS) is 28.3. The van der Waals surface area contributed by atoms with Crippen LogP contribution in [0.15, 0.2) is 28.7 Å². The van der Waals surface area contributed by atoms with Gasteiger partial charge in [-0.2, -0.15) is 0 Å². The van der Waals surface area contributed by atoms with Gasteiger partial charge in [-0.1, -0.05) is 28.1 Å². The molecule has 2 fully saturated rings. The van der Waals surface area contributed by atoms with Gasteiger partial charge < -0.3 is 9.84 Å².